The summed E-state index contributed by atoms with van der Waals surface area (Å²) in [6, 6.07) is 6.17. The SMILES string of the molecule is O=[N+]([O-])c1cc(F)cc(I)c1.[B].[C-]#[N+]c1cc(F)cc([N+](=O)[O-])c1. The minimum atomic E-state index is -0.768. The van der Waals surface area contributed by atoms with Crippen LogP contribution in [0, 0.1) is 42.0 Å². The molecule has 24 heavy (non-hydrogen) atoms. The van der Waals surface area contributed by atoms with Crippen LogP contribution in [-0.2, 0) is 0 Å². The first-order chi connectivity index (χ1) is 10.7. The second-order valence-corrected chi connectivity index (χ2v) is 5.17. The number of non-ortho nitro benzene ring substituents is 2. The second-order valence-electron chi connectivity index (χ2n) is 3.92. The van der Waals surface area contributed by atoms with Crippen LogP contribution in [0.3, 0.4) is 0 Å². The number of nitrogens with zero attached hydrogens (tertiary/aromatic N) is 3. The minimum Gasteiger partial charge on any atom is -0.258 e. The summed E-state index contributed by atoms with van der Waals surface area (Å²) in [7, 11) is 0. The summed E-state index contributed by atoms with van der Waals surface area (Å²) in [5.41, 5.74) is -0.683. The van der Waals surface area contributed by atoms with Crippen LogP contribution in [0.2, 0.25) is 0 Å². The van der Waals surface area contributed by atoms with Gasteiger partial charge in [-0.1, -0.05) is 0 Å². The van der Waals surface area contributed by atoms with E-state index >= 15 is 0 Å². The van der Waals surface area contributed by atoms with Crippen LogP contribution >= 0.6 is 22.6 Å². The van der Waals surface area contributed by atoms with Crippen molar-refractivity contribution in [3.05, 3.63) is 83.2 Å². The van der Waals surface area contributed by atoms with E-state index in [0.29, 0.717) is 3.57 Å². The lowest BCUT2D eigenvalue weighted by atomic mass is 10.3. The Balaban J connectivity index is 0.000000425. The molecule has 2 aromatic rings. The molecule has 0 aliphatic rings. The zero-order chi connectivity index (χ0) is 17.6. The highest BCUT2D eigenvalue weighted by atomic mass is 127. The highest BCUT2D eigenvalue weighted by Gasteiger charge is 2.09. The van der Waals surface area contributed by atoms with E-state index in [9.17, 15) is 29.0 Å². The molecule has 0 bridgehead atoms. The van der Waals surface area contributed by atoms with Crippen LogP contribution < -0.4 is 0 Å². The lowest BCUT2D eigenvalue weighted by Gasteiger charge is -1.92. The molecule has 0 amide bonds. The van der Waals surface area contributed by atoms with Gasteiger partial charge in [-0.2, -0.15) is 0 Å². The summed E-state index contributed by atoms with van der Waals surface area (Å²) >= 11 is 1.82. The van der Waals surface area contributed by atoms with E-state index in [2.05, 4.69) is 4.85 Å². The first-order valence-electron chi connectivity index (χ1n) is 5.66. The van der Waals surface area contributed by atoms with Crippen molar-refractivity contribution in [2.24, 2.45) is 0 Å². The molecule has 0 spiro atoms. The second kappa shape index (κ2) is 9.51. The van der Waals surface area contributed by atoms with Gasteiger partial charge in [0.25, 0.3) is 11.4 Å². The van der Waals surface area contributed by atoms with Gasteiger partial charge in [-0.3, -0.25) is 20.2 Å². The van der Waals surface area contributed by atoms with E-state index in [-0.39, 0.29) is 19.8 Å². The smallest absolute Gasteiger partial charge is 0.258 e. The molecule has 0 saturated heterocycles. The average molecular weight is 444 g/mol. The molecule has 3 radical (unpaired) electrons. The fourth-order valence-corrected chi connectivity index (χ4v) is 1.99. The van der Waals surface area contributed by atoms with Gasteiger partial charge in [-0.05, 0) is 34.7 Å². The van der Waals surface area contributed by atoms with E-state index in [1.807, 2.05) is 22.6 Å². The topological polar surface area (TPSA) is 90.6 Å². The largest absolute Gasteiger partial charge is 0.273 e. The third-order valence-corrected chi connectivity index (χ3v) is 2.89. The molecular formula is C13H6BF2IN3O4. The standard InChI is InChI=1S/C7H3FN2O2.C6H3FINO2.B/c1-9-6-2-5(8)3-7(4-6)10(11)12;7-4-1-5(8)3-6(2-4)9(10)11;/h2-4H;1-3H;. The Morgan fingerprint density at radius 1 is 0.917 bits per heavy atom. The van der Waals surface area contributed by atoms with Crippen LogP contribution in [0.25, 0.3) is 4.85 Å². The fraction of sp³-hybridized carbons (Fsp3) is 0. The maximum Gasteiger partial charge on any atom is 0.273 e. The van der Waals surface area contributed by atoms with Gasteiger partial charge >= 0.3 is 0 Å². The molecule has 2 aromatic carbocycles. The van der Waals surface area contributed by atoms with E-state index in [1.165, 1.54) is 12.1 Å². The molecule has 0 aromatic heterocycles. The van der Waals surface area contributed by atoms with Gasteiger partial charge < -0.3 is 0 Å². The van der Waals surface area contributed by atoms with Crippen LogP contribution in [0.5, 0.6) is 0 Å². The molecule has 0 aliphatic heterocycles. The Morgan fingerprint density at radius 2 is 1.38 bits per heavy atom. The zero-order valence-corrected chi connectivity index (χ0v) is 13.8. The van der Waals surface area contributed by atoms with Crippen LogP contribution in [0.4, 0.5) is 25.8 Å². The van der Waals surface area contributed by atoms with Crippen LogP contribution in [0.15, 0.2) is 36.4 Å². The van der Waals surface area contributed by atoms with Crippen molar-refractivity contribution in [3.8, 4) is 0 Å². The van der Waals surface area contributed by atoms with E-state index in [1.54, 1.807) is 0 Å². The van der Waals surface area contributed by atoms with Gasteiger partial charge in [0, 0.05) is 30.2 Å². The Morgan fingerprint density at radius 3 is 1.79 bits per heavy atom. The summed E-state index contributed by atoms with van der Waals surface area (Å²) in [5, 5.41) is 20.3. The van der Waals surface area contributed by atoms with Crippen molar-refractivity contribution in [2.75, 3.05) is 0 Å². The maximum atomic E-state index is 12.5. The Hall–Kier alpha value is -2.62. The number of nitro benzene ring substituents is 2. The predicted molar refractivity (Wildman–Crippen MR) is 90.8 cm³/mol. The molecule has 0 saturated carbocycles. The lowest BCUT2D eigenvalue weighted by molar-refractivity contribution is -0.385. The Bertz CT molecular complexity index is 794. The van der Waals surface area contributed by atoms with Gasteiger partial charge in [-0.25, -0.2) is 13.6 Å². The number of nitro groups is 2. The highest BCUT2D eigenvalue weighted by Crippen LogP contribution is 2.21. The van der Waals surface area contributed by atoms with Gasteiger partial charge in [-0.15, -0.1) is 0 Å². The number of hydrogen-bond acceptors (Lipinski definition) is 4. The third-order valence-electron chi connectivity index (χ3n) is 2.27. The number of benzene rings is 2. The number of rotatable bonds is 2. The van der Waals surface area contributed by atoms with Crippen molar-refractivity contribution in [3.63, 3.8) is 0 Å². The Kier molecular flexibility index (Phi) is 8.47. The van der Waals surface area contributed by atoms with E-state index in [0.717, 1.165) is 24.3 Å². The molecule has 0 fully saturated rings. The van der Waals surface area contributed by atoms with Gasteiger partial charge in [0.2, 0.25) is 0 Å². The lowest BCUT2D eigenvalue weighted by Crippen LogP contribution is -1.89. The van der Waals surface area contributed by atoms with Crippen molar-refractivity contribution in [2.45, 2.75) is 0 Å². The molecular weight excluding hydrogens is 438 g/mol. The first kappa shape index (κ1) is 21.4. The van der Waals surface area contributed by atoms with Crippen molar-refractivity contribution < 1.29 is 18.6 Å². The van der Waals surface area contributed by atoms with E-state index < -0.39 is 27.2 Å². The number of halogens is 3. The van der Waals surface area contributed by atoms with Crippen LogP contribution in [-0.4, -0.2) is 18.3 Å². The molecule has 0 heterocycles. The summed E-state index contributed by atoms with van der Waals surface area (Å²) in [6.07, 6.45) is 0. The molecule has 0 atom stereocenters. The van der Waals surface area contributed by atoms with Gasteiger partial charge in [0.05, 0.1) is 22.5 Å². The first-order valence-corrected chi connectivity index (χ1v) is 6.73. The number of hydrogen-bond donors (Lipinski definition) is 0. The zero-order valence-electron chi connectivity index (χ0n) is 11.6. The summed E-state index contributed by atoms with van der Waals surface area (Å²) in [5.74, 6) is -1.35. The van der Waals surface area contributed by atoms with Crippen LogP contribution in [0.1, 0.15) is 0 Å². The molecule has 2 rings (SSSR count). The van der Waals surface area contributed by atoms with Crippen molar-refractivity contribution in [1.82, 2.24) is 0 Å². The van der Waals surface area contributed by atoms with Crippen molar-refractivity contribution >= 4 is 48.1 Å². The molecule has 7 nitrogen and oxygen atoms in total. The summed E-state index contributed by atoms with van der Waals surface area (Å²) < 4.78 is 25.5. The average Bonchev–Trinajstić information content (AvgIpc) is 2.46. The highest BCUT2D eigenvalue weighted by molar-refractivity contribution is 14.1. The summed E-state index contributed by atoms with van der Waals surface area (Å²) in [6.45, 7) is 6.51. The predicted octanol–water partition coefficient (Wildman–Crippen LogP) is 4.24. The van der Waals surface area contributed by atoms with Gasteiger partial charge in [0.15, 0.2) is 5.69 Å². The normalized spacial score (nSPS) is 8.92. The molecule has 121 valence electrons. The third kappa shape index (κ3) is 6.65. The molecule has 0 N–H and O–H groups in total. The minimum absolute atomic E-state index is 0. The Labute approximate surface area is 150 Å². The maximum absolute atomic E-state index is 12.5. The van der Waals surface area contributed by atoms with Gasteiger partial charge in [0.1, 0.15) is 11.6 Å². The molecule has 0 aliphatic carbocycles. The van der Waals surface area contributed by atoms with E-state index in [4.69, 9.17) is 6.57 Å². The quantitative estimate of drug-likeness (QED) is 0.228. The monoisotopic (exact) mass is 444 g/mol. The fourth-order valence-electron chi connectivity index (χ4n) is 1.37. The molecule has 0 unspecified atom stereocenters. The summed E-state index contributed by atoms with van der Waals surface area (Å²) in [4.78, 5) is 21.8. The molecule has 11 heteroatoms. The van der Waals surface area contributed by atoms with Crippen molar-refractivity contribution in [1.29, 1.82) is 0 Å².